The summed E-state index contributed by atoms with van der Waals surface area (Å²) in [5, 5.41) is 10.8. The first-order valence-corrected chi connectivity index (χ1v) is 12.2. The van der Waals surface area contributed by atoms with E-state index in [2.05, 4.69) is 35.8 Å². The van der Waals surface area contributed by atoms with E-state index in [0.29, 0.717) is 39.6 Å². The van der Waals surface area contributed by atoms with Crippen LogP contribution in [-0.4, -0.2) is 12.5 Å². The Morgan fingerprint density at radius 2 is 1.83 bits per heavy atom. The molecular formula is C28H23BrClN3O2. The van der Waals surface area contributed by atoms with Gasteiger partial charge in [0.15, 0.2) is 0 Å². The average molecular weight is 549 g/mol. The van der Waals surface area contributed by atoms with Crippen LogP contribution in [0.15, 0.2) is 75.6 Å². The molecule has 0 spiro atoms. The van der Waals surface area contributed by atoms with Crippen LogP contribution in [0.2, 0.25) is 5.02 Å². The third-order valence-corrected chi connectivity index (χ3v) is 6.23. The normalized spacial score (nSPS) is 11.6. The molecule has 3 aromatic carbocycles. The fraction of sp³-hybridized carbons (Fsp3) is 0.143. The second-order valence-electron chi connectivity index (χ2n) is 8.56. The molecule has 1 aromatic heterocycles. The lowest BCUT2D eigenvalue weighted by molar-refractivity contribution is 0.100. The Kier molecular flexibility index (Phi) is 7.30. The highest BCUT2D eigenvalue weighted by atomic mass is 79.9. The van der Waals surface area contributed by atoms with Crippen molar-refractivity contribution in [1.82, 2.24) is 0 Å². The minimum Gasteiger partial charge on any atom is -0.439 e. The second-order valence-corrected chi connectivity index (χ2v) is 9.91. The summed E-state index contributed by atoms with van der Waals surface area (Å²) in [7, 11) is 0. The van der Waals surface area contributed by atoms with E-state index in [-0.39, 0.29) is 5.92 Å². The van der Waals surface area contributed by atoms with E-state index in [0.717, 1.165) is 21.3 Å². The van der Waals surface area contributed by atoms with Crippen molar-refractivity contribution in [2.75, 3.05) is 11.4 Å². The molecule has 5 nitrogen and oxygen atoms in total. The first-order valence-electron chi connectivity index (χ1n) is 11.0. The van der Waals surface area contributed by atoms with Crippen LogP contribution in [-0.2, 0) is 0 Å². The molecule has 0 aliphatic heterocycles. The summed E-state index contributed by atoms with van der Waals surface area (Å²) in [4.78, 5) is 14.4. The lowest BCUT2D eigenvalue weighted by atomic mass is 10.0. The van der Waals surface area contributed by atoms with Gasteiger partial charge in [-0.3, -0.25) is 4.79 Å². The van der Waals surface area contributed by atoms with Gasteiger partial charge in [-0.1, -0.05) is 65.6 Å². The summed E-state index contributed by atoms with van der Waals surface area (Å²) in [5.74, 6) is 0.0527. The number of nitrogens with two attached hydrogens (primary N) is 1. The van der Waals surface area contributed by atoms with Gasteiger partial charge < -0.3 is 15.1 Å². The maximum Gasteiger partial charge on any atom is 0.254 e. The molecule has 7 heteroatoms. The van der Waals surface area contributed by atoms with E-state index in [1.807, 2.05) is 59.5 Å². The molecule has 0 aliphatic rings. The van der Waals surface area contributed by atoms with Crippen molar-refractivity contribution in [3.8, 4) is 6.07 Å². The summed E-state index contributed by atoms with van der Waals surface area (Å²) < 4.78 is 7.10. The molecule has 2 N–H and O–H groups in total. The zero-order valence-corrected chi connectivity index (χ0v) is 21.6. The van der Waals surface area contributed by atoms with Crippen molar-refractivity contribution in [3.05, 3.63) is 92.9 Å². The Bertz CT molecular complexity index is 1450. The molecule has 4 aromatic rings. The SMILES string of the molecule is CC(C)CN(c1ccc(/C(C#N)=C/c2ccc(Br)cc2)cc1)c1oc2ccc(Cl)cc2c1C(N)=O. The van der Waals surface area contributed by atoms with Crippen molar-refractivity contribution >= 4 is 67.6 Å². The number of nitriles is 1. The van der Waals surface area contributed by atoms with Gasteiger partial charge >= 0.3 is 0 Å². The molecule has 0 atom stereocenters. The number of hydrogen-bond acceptors (Lipinski definition) is 4. The number of anilines is 2. The van der Waals surface area contributed by atoms with Gasteiger partial charge in [0.2, 0.25) is 5.88 Å². The summed E-state index contributed by atoms with van der Waals surface area (Å²) >= 11 is 9.60. The zero-order chi connectivity index (χ0) is 25.1. The van der Waals surface area contributed by atoms with Crippen molar-refractivity contribution in [3.63, 3.8) is 0 Å². The summed E-state index contributed by atoms with van der Waals surface area (Å²) in [5.41, 5.74) is 9.68. The van der Waals surface area contributed by atoms with Gasteiger partial charge in [-0.25, -0.2) is 0 Å². The Labute approximate surface area is 217 Å². The summed E-state index contributed by atoms with van der Waals surface area (Å²) in [6.07, 6.45) is 1.85. The van der Waals surface area contributed by atoms with Crippen LogP contribution < -0.4 is 10.6 Å². The van der Waals surface area contributed by atoms with Gasteiger partial charge in [-0.05, 0) is 65.6 Å². The minimum absolute atomic E-state index is 0.263. The summed E-state index contributed by atoms with van der Waals surface area (Å²) in [6, 6.07) is 22.8. The Morgan fingerprint density at radius 3 is 2.43 bits per heavy atom. The van der Waals surface area contributed by atoms with Crippen LogP contribution in [0.3, 0.4) is 0 Å². The third kappa shape index (κ3) is 5.43. The van der Waals surface area contributed by atoms with Gasteiger partial charge in [-0.15, -0.1) is 0 Å². The number of rotatable bonds is 7. The third-order valence-electron chi connectivity index (χ3n) is 5.46. The Hall–Kier alpha value is -3.53. The number of benzene rings is 3. The van der Waals surface area contributed by atoms with E-state index in [1.165, 1.54) is 0 Å². The smallest absolute Gasteiger partial charge is 0.254 e. The number of amides is 1. The van der Waals surface area contributed by atoms with E-state index in [4.69, 9.17) is 21.8 Å². The maximum atomic E-state index is 12.5. The van der Waals surface area contributed by atoms with Gasteiger partial charge in [0, 0.05) is 27.1 Å². The highest BCUT2D eigenvalue weighted by Gasteiger charge is 2.25. The van der Waals surface area contributed by atoms with Crippen molar-refractivity contribution in [1.29, 1.82) is 5.26 Å². The number of carbonyl (C=O) groups is 1. The monoisotopic (exact) mass is 547 g/mol. The van der Waals surface area contributed by atoms with Gasteiger partial charge in [0.1, 0.15) is 11.1 Å². The van der Waals surface area contributed by atoms with E-state index >= 15 is 0 Å². The highest BCUT2D eigenvalue weighted by Crippen LogP contribution is 2.38. The maximum absolute atomic E-state index is 12.5. The number of halogens is 2. The van der Waals surface area contributed by atoms with E-state index in [9.17, 15) is 10.1 Å². The minimum atomic E-state index is -0.587. The average Bonchev–Trinajstić information content (AvgIpc) is 3.21. The molecular weight excluding hydrogens is 526 g/mol. The molecule has 1 amide bonds. The fourth-order valence-corrected chi connectivity index (χ4v) is 4.32. The summed E-state index contributed by atoms with van der Waals surface area (Å²) in [6.45, 7) is 4.76. The Balaban J connectivity index is 1.76. The molecule has 0 aliphatic carbocycles. The van der Waals surface area contributed by atoms with Gasteiger partial charge in [0.05, 0.1) is 11.6 Å². The zero-order valence-electron chi connectivity index (χ0n) is 19.3. The van der Waals surface area contributed by atoms with Crippen molar-refractivity contribution < 1.29 is 9.21 Å². The number of primary amides is 1. The molecule has 0 saturated carbocycles. The molecule has 176 valence electrons. The number of nitrogens with zero attached hydrogens (tertiary/aromatic N) is 2. The number of hydrogen-bond donors (Lipinski definition) is 1. The van der Waals surface area contributed by atoms with Gasteiger partial charge in [-0.2, -0.15) is 5.26 Å². The fourth-order valence-electron chi connectivity index (χ4n) is 3.88. The first-order chi connectivity index (χ1) is 16.8. The molecule has 1 heterocycles. The Morgan fingerprint density at radius 1 is 1.14 bits per heavy atom. The highest BCUT2D eigenvalue weighted by molar-refractivity contribution is 9.10. The van der Waals surface area contributed by atoms with E-state index < -0.39 is 5.91 Å². The molecule has 0 bridgehead atoms. The lowest BCUT2D eigenvalue weighted by Gasteiger charge is -2.25. The molecule has 4 rings (SSSR count). The second kappa shape index (κ2) is 10.4. The lowest BCUT2D eigenvalue weighted by Crippen LogP contribution is -2.25. The predicted octanol–water partition coefficient (Wildman–Crippen LogP) is 7.81. The number of allylic oxidation sites excluding steroid dienone is 1. The standard InChI is InChI=1S/C28H23BrClN3O2/c1-17(2)16-33(28-26(27(32)34)24-14-22(30)9-12-25(24)35-28)23-10-5-19(6-11-23)20(15-31)13-18-3-7-21(29)8-4-18/h3-14,17H,16H2,1-2H3,(H2,32,34)/b20-13+. The van der Waals surface area contributed by atoms with Crippen LogP contribution in [0.25, 0.3) is 22.6 Å². The molecule has 35 heavy (non-hydrogen) atoms. The van der Waals surface area contributed by atoms with Crippen LogP contribution >= 0.6 is 27.5 Å². The number of furan rings is 1. The molecule has 0 unspecified atom stereocenters. The predicted molar refractivity (Wildman–Crippen MR) is 146 cm³/mol. The number of carbonyl (C=O) groups excluding carboxylic acids is 1. The first kappa shape index (κ1) is 24.6. The molecule has 0 radical (unpaired) electrons. The van der Waals surface area contributed by atoms with Crippen LogP contribution in [0.1, 0.15) is 35.3 Å². The molecule has 0 fully saturated rings. The van der Waals surface area contributed by atoms with Crippen molar-refractivity contribution in [2.24, 2.45) is 11.7 Å². The topological polar surface area (TPSA) is 83.3 Å². The number of fused-ring (bicyclic) bond motifs is 1. The van der Waals surface area contributed by atoms with Crippen LogP contribution in [0.5, 0.6) is 0 Å². The van der Waals surface area contributed by atoms with Crippen LogP contribution in [0, 0.1) is 17.2 Å². The van der Waals surface area contributed by atoms with E-state index in [1.54, 1.807) is 18.2 Å². The van der Waals surface area contributed by atoms with Gasteiger partial charge in [0.25, 0.3) is 5.91 Å². The quantitative estimate of drug-likeness (QED) is 0.189. The largest absolute Gasteiger partial charge is 0.439 e. The van der Waals surface area contributed by atoms with Crippen molar-refractivity contribution in [2.45, 2.75) is 13.8 Å². The van der Waals surface area contributed by atoms with Crippen LogP contribution in [0.4, 0.5) is 11.6 Å². The molecule has 0 saturated heterocycles.